The van der Waals surface area contributed by atoms with Crippen LogP contribution < -0.4 is 16.0 Å². The van der Waals surface area contributed by atoms with Crippen molar-refractivity contribution in [3.63, 3.8) is 0 Å². The predicted molar refractivity (Wildman–Crippen MR) is 93.0 cm³/mol. The molecule has 0 aromatic heterocycles. The molecule has 1 aliphatic rings. The number of carbonyl (C=O) groups is 1. The fourth-order valence-corrected chi connectivity index (χ4v) is 2.61. The summed E-state index contributed by atoms with van der Waals surface area (Å²) in [4.78, 5) is 16.1. The average Bonchev–Trinajstić information content (AvgIpc) is 2.45. The van der Waals surface area contributed by atoms with Crippen LogP contribution in [-0.4, -0.2) is 37.5 Å². The summed E-state index contributed by atoms with van der Waals surface area (Å²) in [7, 11) is 0. The fraction of sp³-hybridized carbons (Fsp3) is 0.882. The predicted octanol–water partition coefficient (Wildman–Crippen LogP) is 2.28. The van der Waals surface area contributed by atoms with Gasteiger partial charge in [0, 0.05) is 25.0 Å². The standard InChI is InChI=1S/C17H34N4O/c1-6-18-16(20-12-11-19-15(22)13(2)3)21-14-7-9-17(4,5)10-8-14/h13-14H,6-12H2,1-5H3,(H,19,22)(H2,18,20,21). The molecular formula is C17H34N4O. The minimum absolute atomic E-state index is 0.0286. The summed E-state index contributed by atoms with van der Waals surface area (Å²) < 4.78 is 0. The number of carbonyl (C=O) groups excluding carboxylic acids is 1. The van der Waals surface area contributed by atoms with Crippen molar-refractivity contribution >= 4 is 11.9 Å². The molecular weight excluding hydrogens is 276 g/mol. The van der Waals surface area contributed by atoms with Crippen LogP contribution in [0.4, 0.5) is 0 Å². The molecule has 3 N–H and O–H groups in total. The molecule has 0 radical (unpaired) electrons. The lowest BCUT2D eigenvalue weighted by Gasteiger charge is -2.35. The van der Waals surface area contributed by atoms with Crippen molar-refractivity contribution in [2.45, 2.75) is 66.3 Å². The lowest BCUT2D eigenvalue weighted by Crippen LogP contribution is -2.46. The van der Waals surface area contributed by atoms with Crippen LogP contribution in [0.2, 0.25) is 0 Å². The van der Waals surface area contributed by atoms with E-state index in [0.29, 0.717) is 24.5 Å². The van der Waals surface area contributed by atoms with Gasteiger partial charge in [-0.3, -0.25) is 9.79 Å². The zero-order valence-electron chi connectivity index (χ0n) is 15.0. The van der Waals surface area contributed by atoms with Crippen LogP contribution in [0, 0.1) is 11.3 Å². The zero-order chi connectivity index (χ0) is 16.6. The normalized spacial score (nSPS) is 19.1. The van der Waals surface area contributed by atoms with Gasteiger partial charge in [0.05, 0.1) is 6.54 Å². The molecule has 128 valence electrons. The first-order valence-corrected chi connectivity index (χ1v) is 8.66. The molecule has 5 nitrogen and oxygen atoms in total. The van der Waals surface area contributed by atoms with E-state index in [1.165, 1.54) is 25.7 Å². The highest BCUT2D eigenvalue weighted by Crippen LogP contribution is 2.34. The van der Waals surface area contributed by atoms with Crippen LogP contribution in [0.15, 0.2) is 4.99 Å². The Kier molecular flexibility index (Phi) is 7.69. The summed E-state index contributed by atoms with van der Waals surface area (Å²) in [5.74, 6) is 0.981. The van der Waals surface area contributed by atoms with Crippen LogP contribution in [0.25, 0.3) is 0 Å². The van der Waals surface area contributed by atoms with E-state index in [2.05, 4.69) is 41.7 Å². The van der Waals surface area contributed by atoms with E-state index in [1.54, 1.807) is 0 Å². The SMILES string of the molecule is CCNC(=NCCNC(=O)C(C)C)NC1CCC(C)(C)CC1. The summed E-state index contributed by atoms with van der Waals surface area (Å²) in [6.45, 7) is 12.6. The molecule has 22 heavy (non-hydrogen) atoms. The van der Waals surface area contributed by atoms with Crippen molar-refractivity contribution in [2.75, 3.05) is 19.6 Å². The van der Waals surface area contributed by atoms with Gasteiger partial charge in [0.15, 0.2) is 5.96 Å². The quantitative estimate of drug-likeness (QED) is 0.401. The number of nitrogens with one attached hydrogen (secondary N) is 3. The molecule has 1 fully saturated rings. The highest BCUT2D eigenvalue weighted by Gasteiger charge is 2.27. The van der Waals surface area contributed by atoms with E-state index in [-0.39, 0.29) is 11.8 Å². The third-order valence-corrected chi connectivity index (χ3v) is 4.23. The molecule has 1 rings (SSSR count). The van der Waals surface area contributed by atoms with Gasteiger partial charge in [0.2, 0.25) is 5.91 Å². The Morgan fingerprint density at radius 2 is 1.86 bits per heavy atom. The van der Waals surface area contributed by atoms with Gasteiger partial charge in [-0.2, -0.15) is 0 Å². The Morgan fingerprint density at radius 3 is 2.41 bits per heavy atom. The molecule has 0 aromatic rings. The number of rotatable bonds is 6. The monoisotopic (exact) mass is 310 g/mol. The van der Waals surface area contributed by atoms with E-state index >= 15 is 0 Å². The number of hydrogen-bond donors (Lipinski definition) is 3. The van der Waals surface area contributed by atoms with E-state index in [0.717, 1.165) is 12.5 Å². The lowest BCUT2D eigenvalue weighted by atomic mass is 9.75. The molecule has 5 heteroatoms. The Labute approximate surface area is 135 Å². The van der Waals surface area contributed by atoms with Crippen molar-refractivity contribution in [1.82, 2.24) is 16.0 Å². The van der Waals surface area contributed by atoms with Crippen molar-refractivity contribution in [1.29, 1.82) is 0 Å². The van der Waals surface area contributed by atoms with Gasteiger partial charge in [0.1, 0.15) is 0 Å². The van der Waals surface area contributed by atoms with Crippen molar-refractivity contribution in [2.24, 2.45) is 16.3 Å². The fourth-order valence-electron chi connectivity index (χ4n) is 2.61. The van der Waals surface area contributed by atoms with Crippen molar-refractivity contribution in [3.05, 3.63) is 0 Å². The largest absolute Gasteiger partial charge is 0.357 e. The van der Waals surface area contributed by atoms with Crippen LogP contribution in [0.3, 0.4) is 0 Å². The maximum Gasteiger partial charge on any atom is 0.222 e. The molecule has 0 heterocycles. The van der Waals surface area contributed by atoms with E-state index in [1.807, 2.05) is 13.8 Å². The first-order valence-electron chi connectivity index (χ1n) is 8.66. The van der Waals surface area contributed by atoms with Crippen LogP contribution in [0.5, 0.6) is 0 Å². The molecule has 1 aliphatic carbocycles. The molecule has 0 aliphatic heterocycles. The number of hydrogen-bond acceptors (Lipinski definition) is 2. The zero-order valence-corrected chi connectivity index (χ0v) is 15.0. The summed E-state index contributed by atoms with van der Waals surface area (Å²) in [5, 5.41) is 9.71. The van der Waals surface area contributed by atoms with Gasteiger partial charge in [-0.05, 0) is 38.0 Å². The molecule has 1 amide bonds. The second-order valence-electron chi connectivity index (χ2n) is 7.29. The van der Waals surface area contributed by atoms with Crippen LogP contribution in [-0.2, 0) is 4.79 Å². The summed E-state index contributed by atoms with van der Waals surface area (Å²) in [6.07, 6.45) is 4.91. The molecule has 0 spiro atoms. The second kappa shape index (κ2) is 9.01. The molecule has 0 bridgehead atoms. The van der Waals surface area contributed by atoms with Crippen LogP contribution >= 0.6 is 0 Å². The first-order chi connectivity index (χ1) is 10.3. The molecule has 0 atom stereocenters. The summed E-state index contributed by atoms with van der Waals surface area (Å²) in [6, 6.07) is 0.510. The van der Waals surface area contributed by atoms with E-state index in [9.17, 15) is 4.79 Å². The Morgan fingerprint density at radius 1 is 1.23 bits per heavy atom. The van der Waals surface area contributed by atoms with Crippen LogP contribution in [0.1, 0.15) is 60.3 Å². The minimum atomic E-state index is 0.0286. The Bertz CT molecular complexity index is 367. The van der Waals surface area contributed by atoms with Gasteiger partial charge >= 0.3 is 0 Å². The minimum Gasteiger partial charge on any atom is -0.357 e. The summed E-state index contributed by atoms with van der Waals surface area (Å²) >= 11 is 0. The smallest absolute Gasteiger partial charge is 0.222 e. The number of aliphatic imine (C=N–C) groups is 1. The van der Waals surface area contributed by atoms with Gasteiger partial charge in [-0.15, -0.1) is 0 Å². The van der Waals surface area contributed by atoms with E-state index in [4.69, 9.17) is 0 Å². The Balaban J connectivity index is 2.38. The Hall–Kier alpha value is -1.26. The highest BCUT2D eigenvalue weighted by atomic mass is 16.1. The molecule has 0 aromatic carbocycles. The molecule has 0 unspecified atom stereocenters. The van der Waals surface area contributed by atoms with Gasteiger partial charge in [-0.25, -0.2) is 0 Å². The second-order valence-corrected chi connectivity index (χ2v) is 7.29. The maximum atomic E-state index is 11.5. The van der Waals surface area contributed by atoms with Gasteiger partial charge in [-0.1, -0.05) is 27.7 Å². The van der Waals surface area contributed by atoms with Crippen molar-refractivity contribution < 1.29 is 4.79 Å². The third-order valence-electron chi connectivity index (χ3n) is 4.23. The lowest BCUT2D eigenvalue weighted by molar-refractivity contribution is -0.123. The first kappa shape index (κ1) is 18.8. The number of amides is 1. The number of guanidine groups is 1. The topological polar surface area (TPSA) is 65.5 Å². The average molecular weight is 310 g/mol. The third kappa shape index (κ3) is 7.14. The number of nitrogens with zero attached hydrogens (tertiary/aromatic N) is 1. The summed E-state index contributed by atoms with van der Waals surface area (Å²) in [5.41, 5.74) is 0.481. The van der Waals surface area contributed by atoms with Crippen molar-refractivity contribution in [3.8, 4) is 0 Å². The maximum absolute atomic E-state index is 11.5. The van der Waals surface area contributed by atoms with Gasteiger partial charge in [0.25, 0.3) is 0 Å². The molecule has 0 saturated heterocycles. The van der Waals surface area contributed by atoms with E-state index < -0.39 is 0 Å². The van der Waals surface area contributed by atoms with Gasteiger partial charge < -0.3 is 16.0 Å². The molecule has 1 saturated carbocycles. The highest BCUT2D eigenvalue weighted by molar-refractivity contribution is 5.80.